The fourth-order valence-electron chi connectivity index (χ4n) is 2.75. The van der Waals surface area contributed by atoms with Gasteiger partial charge in [-0.3, -0.25) is 14.4 Å². The summed E-state index contributed by atoms with van der Waals surface area (Å²) in [6, 6.07) is 13.0. The average molecular weight is 367 g/mol. The van der Waals surface area contributed by atoms with Crippen molar-refractivity contribution in [2.24, 2.45) is 11.7 Å². The van der Waals surface area contributed by atoms with E-state index in [9.17, 15) is 14.4 Å². The van der Waals surface area contributed by atoms with Gasteiger partial charge >= 0.3 is 0 Å². The number of likely N-dealkylation sites (N-methyl/N-ethyl adjacent to an activating group) is 1. The number of nitrogens with one attached hydrogen (secondary N) is 1. The Morgan fingerprint density at radius 1 is 1.00 bits per heavy atom. The molecule has 0 aliphatic carbocycles. The maximum atomic E-state index is 13.0. The van der Waals surface area contributed by atoms with E-state index in [0.717, 1.165) is 5.56 Å². The van der Waals surface area contributed by atoms with E-state index < -0.39 is 11.9 Å². The first-order valence-corrected chi connectivity index (χ1v) is 8.76. The third-order valence-corrected chi connectivity index (χ3v) is 4.48. The Bertz CT molecular complexity index is 844. The molecule has 6 heteroatoms. The molecule has 142 valence electrons. The Morgan fingerprint density at radius 3 is 2.11 bits per heavy atom. The molecule has 0 saturated heterocycles. The Hall–Kier alpha value is -3.15. The topological polar surface area (TPSA) is 92.5 Å². The number of nitrogens with two attached hydrogens (primary N) is 1. The maximum Gasteiger partial charge on any atom is 0.252 e. The minimum atomic E-state index is -0.682. The molecule has 1 atom stereocenters. The molecule has 6 nitrogen and oxygen atoms in total. The number of hydrogen-bond acceptors (Lipinski definition) is 3. The molecule has 0 radical (unpaired) electrons. The standard InChI is InChI=1S/C21H25N3O3/c1-13(2)18(23-20(26)17-8-6-5-7-14(17)3)21(27)24(4)16-11-9-15(10-12-16)19(22)25/h5-13,18H,1-4H3,(H2,22,25)(H,23,26). The van der Waals surface area contributed by atoms with Crippen molar-refractivity contribution < 1.29 is 14.4 Å². The normalized spacial score (nSPS) is 11.7. The second-order valence-corrected chi connectivity index (χ2v) is 6.82. The molecular formula is C21H25N3O3. The summed E-state index contributed by atoms with van der Waals surface area (Å²) in [4.78, 5) is 38.3. The zero-order chi connectivity index (χ0) is 20.1. The Kier molecular flexibility index (Phi) is 6.34. The lowest BCUT2D eigenvalue weighted by Crippen LogP contribution is -2.50. The molecule has 0 spiro atoms. The summed E-state index contributed by atoms with van der Waals surface area (Å²) in [7, 11) is 1.64. The van der Waals surface area contributed by atoms with Crippen LogP contribution in [0.5, 0.6) is 0 Å². The molecule has 3 amide bonds. The summed E-state index contributed by atoms with van der Waals surface area (Å²) in [5.41, 5.74) is 7.62. The average Bonchev–Trinajstić information content (AvgIpc) is 2.65. The van der Waals surface area contributed by atoms with Crippen LogP contribution in [0.2, 0.25) is 0 Å². The Labute approximate surface area is 159 Å². The van der Waals surface area contributed by atoms with Crippen LogP contribution in [0.3, 0.4) is 0 Å². The summed E-state index contributed by atoms with van der Waals surface area (Å²) in [5.74, 6) is -1.14. The van der Waals surface area contributed by atoms with Crippen molar-refractivity contribution in [2.75, 3.05) is 11.9 Å². The van der Waals surface area contributed by atoms with Gasteiger partial charge in [0, 0.05) is 23.9 Å². The Balaban J connectivity index is 2.20. The molecule has 2 aromatic carbocycles. The van der Waals surface area contributed by atoms with Crippen molar-refractivity contribution in [1.29, 1.82) is 0 Å². The lowest BCUT2D eigenvalue weighted by molar-refractivity contribution is -0.121. The first-order chi connectivity index (χ1) is 12.7. The molecule has 0 aromatic heterocycles. The highest BCUT2D eigenvalue weighted by Crippen LogP contribution is 2.17. The number of hydrogen-bond donors (Lipinski definition) is 2. The van der Waals surface area contributed by atoms with E-state index in [2.05, 4.69) is 5.32 Å². The number of carbonyl (C=O) groups is 3. The largest absolute Gasteiger partial charge is 0.366 e. The number of carbonyl (C=O) groups excluding carboxylic acids is 3. The molecule has 0 aliphatic heterocycles. The molecule has 0 heterocycles. The number of primary amides is 1. The zero-order valence-corrected chi connectivity index (χ0v) is 16.0. The summed E-state index contributed by atoms with van der Waals surface area (Å²) in [5, 5.41) is 2.85. The number of nitrogens with zero attached hydrogens (tertiary/aromatic N) is 1. The first-order valence-electron chi connectivity index (χ1n) is 8.76. The van der Waals surface area contributed by atoms with Gasteiger partial charge in [-0.2, -0.15) is 0 Å². The van der Waals surface area contributed by atoms with Gasteiger partial charge in [-0.15, -0.1) is 0 Å². The molecule has 2 aromatic rings. The van der Waals surface area contributed by atoms with Gasteiger partial charge in [0.15, 0.2) is 0 Å². The van der Waals surface area contributed by atoms with E-state index in [1.165, 1.54) is 4.90 Å². The summed E-state index contributed by atoms with van der Waals surface area (Å²) >= 11 is 0. The van der Waals surface area contributed by atoms with Crippen molar-refractivity contribution in [2.45, 2.75) is 26.8 Å². The zero-order valence-electron chi connectivity index (χ0n) is 16.0. The third-order valence-electron chi connectivity index (χ3n) is 4.48. The third kappa shape index (κ3) is 4.73. The minimum absolute atomic E-state index is 0.0992. The molecule has 0 fully saturated rings. The van der Waals surface area contributed by atoms with Crippen LogP contribution in [0, 0.1) is 12.8 Å². The lowest BCUT2D eigenvalue weighted by atomic mass is 10.0. The van der Waals surface area contributed by atoms with E-state index in [1.54, 1.807) is 43.4 Å². The molecule has 2 rings (SSSR count). The van der Waals surface area contributed by atoms with E-state index in [4.69, 9.17) is 5.73 Å². The first kappa shape index (κ1) is 20.2. The second-order valence-electron chi connectivity index (χ2n) is 6.82. The molecule has 3 N–H and O–H groups in total. The molecule has 27 heavy (non-hydrogen) atoms. The van der Waals surface area contributed by atoms with E-state index in [0.29, 0.717) is 16.8 Å². The summed E-state index contributed by atoms with van der Waals surface area (Å²) in [6.45, 7) is 5.61. The summed E-state index contributed by atoms with van der Waals surface area (Å²) < 4.78 is 0. The SMILES string of the molecule is Cc1ccccc1C(=O)NC(C(=O)N(C)c1ccc(C(N)=O)cc1)C(C)C. The van der Waals surface area contributed by atoms with Crippen LogP contribution in [0.4, 0.5) is 5.69 Å². The number of amides is 3. The quantitative estimate of drug-likeness (QED) is 0.822. The van der Waals surface area contributed by atoms with Crippen LogP contribution in [0.1, 0.15) is 40.1 Å². The van der Waals surface area contributed by atoms with Crippen LogP contribution in [-0.2, 0) is 4.79 Å². The van der Waals surface area contributed by atoms with Crippen LogP contribution < -0.4 is 16.0 Å². The fraction of sp³-hybridized carbons (Fsp3) is 0.286. The molecule has 1 unspecified atom stereocenters. The predicted molar refractivity (Wildman–Crippen MR) is 106 cm³/mol. The van der Waals surface area contributed by atoms with Gasteiger partial charge in [-0.1, -0.05) is 32.0 Å². The van der Waals surface area contributed by atoms with Gasteiger partial charge in [0.05, 0.1) is 0 Å². The van der Waals surface area contributed by atoms with E-state index in [1.807, 2.05) is 32.9 Å². The smallest absolute Gasteiger partial charge is 0.252 e. The molecule has 0 bridgehead atoms. The number of anilines is 1. The Morgan fingerprint density at radius 2 is 1.59 bits per heavy atom. The van der Waals surface area contributed by atoms with Gasteiger partial charge < -0.3 is 16.0 Å². The highest BCUT2D eigenvalue weighted by atomic mass is 16.2. The maximum absolute atomic E-state index is 13.0. The van der Waals surface area contributed by atoms with E-state index >= 15 is 0 Å². The van der Waals surface area contributed by atoms with E-state index in [-0.39, 0.29) is 17.7 Å². The van der Waals surface area contributed by atoms with Crippen LogP contribution in [0.15, 0.2) is 48.5 Å². The number of aryl methyl sites for hydroxylation is 1. The highest BCUT2D eigenvalue weighted by Gasteiger charge is 2.28. The van der Waals surface area contributed by atoms with Crippen molar-refractivity contribution in [1.82, 2.24) is 5.32 Å². The van der Waals surface area contributed by atoms with Gasteiger partial charge in [-0.05, 0) is 48.7 Å². The van der Waals surface area contributed by atoms with Crippen molar-refractivity contribution >= 4 is 23.4 Å². The molecular weight excluding hydrogens is 342 g/mol. The second kappa shape index (κ2) is 8.49. The monoisotopic (exact) mass is 367 g/mol. The van der Waals surface area contributed by atoms with Crippen LogP contribution >= 0.6 is 0 Å². The van der Waals surface area contributed by atoms with Gasteiger partial charge in [0.25, 0.3) is 5.91 Å². The number of rotatable bonds is 6. The van der Waals surface area contributed by atoms with Gasteiger partial charge in [0.2, 0.25) is 11.8 Å². The minimum Gasteiger partial charge on any atom is -0.366 e. The molecule has 0 aliphatic rings. The van der Waals surface area contributed by atoms with Crippen molar-refractivity contribution in [3.05, 3.63) is 65.2 Å². The fourth-order valence-corrected chi connectivity index (χ4v) is 2.75. The lowest BCUT2D eigenvalue weighted by Gasteiger charge is -2.27. The van der Waals surface area contributed by atoms with Crippen molar-refractivity contribution in [3.63, 3.8) is 0 Å². The van der Waals surface area contributed by atoms with Crippen LogP contribution in [-0.4, -0.2) is 30.8 Å². The number of benzene rings is 2. The van der Waals surface area contributed by atoms with Crippen molar-refractivity contribution in [3.8, 4) is 0 Å². The predicted octanol–water partition coefficient (Wildman–Crippen LogP) is 2.51. The summed E-state index contributed by atoms with van der Waals surface area (Å²) in [6.07, 6.45) is 0. The highest BCUT2D eigenvalue weighted by molar-refractivity contribution is 6.03. The van der Waals surface area contributed by atoms with Gasteiger partial charge in [0.1, 0.15) is 6.04 Å². The van der Waals surface area contributed by atoms with Gasteiger partial charge in [-0.25, -0.2) is 0 Å². The van der Waals surface area contributed by atoms with Crippen LogP contribution in [0.25, 0.3) is 0 Å². The molecule has 0 saturated carbocycles.